The number of rotatable bonds is 1. The Bertz CT molecular complexity index is 315. The summed E-state index contributed by atoms with van der Waals surface area (Å²) < 4.78 is 5.22. The molecular weight excluding hydrogens is 186 g/mol. The van der Waals surface area contributed by atoms with Crippen LogP contribution in [0.25, 0.3) is 0 Å². The van der Waals surface area contributed by atoms with Crippen LogP contribution in [0.4, 0.5) is 6.01 Å². The van der Waals surface area contributed by atoms with Gasteiger partial charge in [-0.25, -0.2) is 0 Å². The summed E-state index contributed by atoms with van der Waals surface area (Å²) in [6.07, 6.45) is -0.867. The van der Waals surface area contributed by atoms with Gasteiger partial charge in [-0.2, -0.15) is 0 Å². The highest BCUT2D eigenvalue weighted by atomic mass is 16.4. The fourth-order valence-corrected chi connectivity index (χ4v) is 1.51. The van der Waals surface area contributed by atoms with E-state index in [2.05, 4.69) is 10.2 Å². The molecule has 1 aromatic heterocycles. The minimum atomic E-state index is -0.740. The smallest absolute Gasteiger partial charge is 0.318 e. The lowest BCUT2D eigenvalue weighted by atomic mass is 10.1. The van der Waals surface area contributed by atoms with E-state index in [4.69, 9.17) is 4.42 Å². The van der Waals surface area contributed by atoms with Crippen molar-refractivity contribution in [1.82, 2.24) is 10.2 Å². The summed E-state index contributed by atoms with van der Waals surface area (Å²) in [6, 6.07) is 0.411. The van der Waals surface area contributed by atoms with Crippen LogP contribution < -0.4 is 4.90 Å². The number of hydrogen-bond donors (Lipinski definition) is 2. The van der Waals surface area contributed by atoms with Crippen molar-refractivity contribution >= 4 is 6.01 Å². The third-order valence-electron chi connectivity index (χ3n) is 2.33. The fourth-order valence-electron chi connectivity index (χ4n) is 1.51. The molecule has 0 amide bonds. The maximum Gasteiger partial charge on any atom is 0.318 e. The standard InChI is InChI=1S/C8H13N3O3/c1-5-9-10-8(14-5)11-3-2-6(12)7(13)4-11/h6-7,12-13H,2-4H2,1H3. The lowest BCUT2D eigenvalue weighted by molar-refractivity contribution is 0.00700. The van der Waals surface area contributed by atoms with Crippen LogP contribution in [-0.2, 0) is 0 Å². The Hall–Kier alpha value is -1.14. The molecular formula is C8H13N3O3. The first-order valence-corrected chi connectivity index (χ1v) is 4.58. The van der Waals surface area contributed by atoms with Crippen molar-refractivity contribution in [2.75, 3.05) is 18.0 Å². The predicted molar refractivity (Wildman–Crippen MR) is 47.9 cm³/mol. The maximum absolute atomic E-state index is 9.43. The van der Waals surface area contributed by atoms with Gasteiger partial charge in [-0.3, -0.25) is 0 Å². The molecule has 6 heteroatoms. The van der Waals surface area contributed by atoms with Gasteiger partial charge < -0.3 is 19.5 Å². The van der Waals surface area contributed by atoms with E-state index in [0.717, 1.165) is 0 Å². The van der Waals surface area contributed by atoms with E-state index < -0.39 is 12.2 Å². The Balaban J connectivity index is 2.06. The third-order valence-corrected chi connectivity index (χ3v) is 2.33. The monoisotopic (exact) mass is 199 g/mol. The zero-order valence-corrected chi connectivity index (χ0v) is 7.92. The van der Waals surface area contributed by atoms with Gasteiger partial charge >= 0.3 is 6.01 Å². The maximum atomic E-state index is 9.43. The first-order valence-electron chi connectivity index (χ1n) is 4.58. The van der Waals surface area contributed by atoms with Gasteiger partial charge in [0, 0.05) is 13.5 Å². The molecule has 0 aromatic carbocycles. The Morgan fingerprint density at radius 1 is 1.36 bits per heavy atom. The fraction of sp³-hybridized carbons (Fsp3) is 0.750. The zero-order valence-electron chi connectivity index (χ0n) is 7.92. The molecule has 2 heterocycles. The molecule has 2 atom stereocenters. The van der Waals surface area contributed by atoms with Crippen LogP contribution in [0.1, 0.15) is 12.3 Å². The van der Waals surface area contributed by atoms with Crippen molar-refractivity contribution in [2.24, 2.45) is 0 Å². The predicted octanol–water partition coefficient (Wildman–Crippen LogP) is -0.690. The number of nitrogens with zero attached hydrogens (tertiary/aromatic N) is 3. The van der Waals surface area contributed by atoms with Crippen LogP contribution in [0.15, 0.2) is 4.42 Å². The second-order valence-corrected chi connectivity index (χ2v) is 3.47. The molecule has 1 aliphatic heterocycles. The Morgan fingerprint density at radius 3 is 2.71 bits per heavy atom. The topological polar surface area (TPSA) is 82.6 Å². The third kappa shape index (κ3) is 1.71. The molecule has 0 bridgehead atoms. The molecule has 1 saturated heterocycles. The molecule has 0 radical (unpaired) electrons. The summed E-state index contributed by atoms with van der Waals surface area (Å²) in [7, 11) is 0. The Kier molecular flexibility index (Phi) is 2.39. The average molecular weight is 199 g/mol. The number of aryl methyl sites for hydroxylation is 1. The van der Waals surface area contributed by atoms with Crippen molar-refractivity contribution in [3.05, 3.63) is 5.89 Å². The molecule has 1 aliphatic rings. The van der Waals surface area contributed by atoms with Gasteiger partial charge in [0.15, 0.2) is 0 Å². The molecule has 78 valence electrons. The van der Waals surface area contributed by atoms with Gasteiger partial charge in [-0.15, -0.1) is 5.10 Å². The molecule has 2 N–H and O–H groups in total. The minimum absolute atomic E-state index is 0.336. The van der Waals surface area contributed by atoms with E-state index in [1.165, 1.54) is 0 Å². The quantitative estimate of drug-likeness (QED) is 0.623. The molecule has 2 unspecified atom stereocenters. The number of hydrogen-bond acceptors (Lipinski definition) is 6. The van der Waals surface area contributed by atoms with Crippen molar-refractivity contribution in [2.45, 2.75) is 25.6 Å². The molecule has 14 heavy (non-hydrogen) atoms. The number of piperidine rings is 1. The van der Waals surface area contributed by atoms with E-state index in [-0.39, 0.29) is 0 Å². The number of aliphatic hydroxyl groups excluding tert-OH is 2. The molecule has 0 saturated carbocycles. The Morgan fingerprint density at radius 2 is 2.14 bits per heavy atom. The van der Waals surface area contributed by atoms with Crippen LogP contribution >= 0.6 is 0 Å². The summed E-state index contributed by atoms with van der Waals surface area (Å²) >= 11 is 0. The lowest BCUT2D eigenvalue weighted by Gasteiger charge is -2.31. The van der Waals surface area contributed by atoms with Gasteiger partial charge in [0.1, 0.15) is 0 Å². The van der Waals surface area contributed by atoms with Crippen molar-refractivity contribution in [3.8, 4) is 0 Å². The number of aromatic nitrogens is 2. The van der Waals surface area contributed by atoms with Gasteiger partial charge in [-0.1, -0.05) is 5.10 Å². The number of aliphatic hydroxyl groups is 2. The van der Waals surface area contributed by atoms with Crippen molar-refractivity contribution in [3.63, 3.8) is 0 Å². The second kappa shape index (κ2) is 3.55. The zero-order chi connectivity index (χ0) is 10.1. The first kappa shape index (κ1) is 9.42. The molecule has 0 spiro atoms. The largest absolute Gasteiger partial charge is 0.408 e. The molecule has 1 aromatic rings. The van der Waals surface area contributed by atoms with Crippen LogP contribution in [0.5, 0.6) is 0 Å². The normalized spacial score (nSPS) is 28.1. The van der Waals surface area contributed by atoms with E-state index in [1.807, 2.05) is 0 Å². The second-order valence-electron chi connectivity index (χ2n) is 3.47. The summed E-state index contributed by atoms with van der Waals surface area (Å²) in [5.41, 5.74) is 0. The van der Waals surface area contributed by atoms with Crippen molar-refractivity contribution < 1.29 is 14.6 Å². The molecule has 0 aliphatic carbocycles. The first-order chi connectivity index (χ1) is 6.66. The molecule has 2 rings (SSSR count). The summed E-state index contributed by atoms with van der Waals surface area (Å²) in [6.45, 7) is 2.67. The van der Waals surface area contributed by atoms with E-state index >= 15 is 0 Å². The number of β-amino-alcohol motifs (C(OH)–C–C–N with tert-alkyl or cyclic N) is 1. The van der Waals surface area contributed by atoms with Crippen LogP contribution in [0.3, 0.4) is 0 Å². The molecule has 6 nitrogen and oxygen atoms in total. The highest BCUT2D eigenvalue weighted by Gasteiger charge is 2.28. The van der Waals surface area contributed by atoms with Crippen LogP contribution in [0, 0.1) is 6.92 Å². The van der Waals surface area contributed by atoms with Gasteiger partial charge in [-0.05, 0) is 6.42 Å². The number of anilines is 1. The van der Waals surface area contributed by atoms with E-state index in [1.54, 1.807) is 11.8 Å². The summed E-state index contributed by atoms with van der Waals surface area (Å²) in [5.74, 6) is 0.501. The molecule has 1 fully saturated rings. The van der Waals surface area contributed by atoms with Gasteiger partial charge in [0.2, 0.25) is 5.89 Å². The van der Waals surface area contributed by atoms with Crippen molar-refractivity contribution in [1.29, 1.82) is 0 Å². The highest BCUT2D eigenvalue weighted by molar-refractivity contribution is 5.25. The Labute approximate surface area is 81.2 Å². The van der Waals surface area contributed by atoms with Crippen LogP contribution in [-0.4, -0.2) is 45.7 Å². The SMILES string of the molecule is Cc1nnc(N2CCC(O)C(O)C2)o1. The minimum Gasteiger partial charge on any atom is -0.408 e. The highest BCUT2D eigenvalue weighted by Crippen LogP contribution is 2.18. The van der Waals surface area contributed by atoms with E-state index in [0.29, 0.717) is 31.4 Å². The van der Waals surface area contributed by atoms with Crippen LogP contribution in [0.2, 0.25) is 0 Å². The summed E-state index contributed by atoms with van der Waals surface area (Å²) in [5, 5.41) is 26.3. The van der Waals surface area contributed by atoms with E-state index in [9.17, 15) is 10.2 Å². The average Bonchev–Trinajstić information content (AvgIpc) is 2.57. The van der Waals surface area contributed by atoms with Gasteiger partial charge in [0.05, 0.1) is 18.8 Å². The van der Waals surface area contributed by atoms with Gasteiger partial charge in [0.25, 0.3) is 0 Å². The lowest BCUT2D eigenvalue weighted by Crippen LogP contribution is -2.46. The summed E-state index contributed by atoms with van der Waals surface area (Å²) in [4.78, 5) is 1.78.